The fourth-order valence-corrected chi connectivity index (χ4v) is 2.05. The van der Waals surface area contributed by atoms with Gasteiger partial charge in [0.2, 0.25) is 0 Å². The fraction of sp³-hybridized carbons (Fsp3) is 0.214. The molecule has 5 heteroatoms. The second-order valence-corrected chi connectivity index (χ2v) is 4.26. The van der Waals surface area contributed by atoms with Crippen molar-refractivity contribution in [2.45, 2.75) is 13.0 Å². The molecule has 2 rings (SSSR count). The van der Waals surface area contributed by atoms with E-state index in [4.69, 9.17) is 10.6 Å². The van der Waals surface area contributed by atoms with Gasteiger partial charge in [-0.3, -0.25) is 10.8 Å². The molecule has 0 saturated heterocycles. The third-order valence-electron chi connectivity index (χ3n) is 3.01. The van der Waals surface area contributed by atoms with E-state index < -0.39 is 0 Å². The van der Waals surface area contributed by atoms with Gasteiger partial charge in [0, 0.05) is 6.20 Å². The van der Waals surface area contributed by atoms with Crippen LogP contribution >= 0.6 is 0 Å². The average molecular weight is 261 g/mol. The van der Waals surface area contributed by atoms with Crippen LogP contribution < -0.4 is 16.0 Å². The second-order valence-electron chi connectivity index (χ2n) is 4.26. The third kappa shape index (κ3) is 2.89. The molecular formula is C14H16FN3O. The zero-order valence-electron chi connectivity index (χ0n) is 10.9. The minimum atomic E-state index is -0.385. The Morgan fingerprint density at radius 1 is 1.32 bits per heavy atom. The molecule has 1 atom stereocenters. The van der Waals surface area contributed by atoms with Crippen LogP contribution in [0.5, 0.6) is 5.75 Å². The zero-order valence-corrected chi connectivity index (χ0v) is 10.9. The number of hydrazine groups is 1. The summed E-state index contributed by atoms with van der Waals surface area (Å²) in [7, 11) is 1.61. The number of aromatic nitrogens is 1. The van der Waals surface area contributed by atoms with Crippen molar-refractivity contribution < 1.29 is 9.13 Å². The van der Waals surface area contributed by atoms with Gasteiger partial charge >= 0.3 is 0 Å². The van der Waals surface area contributed by atoms with Crippen LogP contribution in [-0.2, 0) is 0 Å². The summed E-state index contributed by atoms with van der Waals surface area (Å²) in [6, 6.07) is 6.77. The largest absolute Gasteiger partial charge is 0.497 e. The fourth-order valence-electron chi connectivity index (χ4n) is 2.05. The van der Waals surface area contributed by atoms with Crippen LogP contribution in [0.3, 0.4) is 0 Å². The van der Waals surface area contributed by atoms with Crippen molar-refractivity contribution in [3.05, 3.63) is 59.2 Å². The van der Waals surface area contributed by atoms with Crippen molar-refractivity contribution in [3.8, 4) is 5.75 Å². The Labute approximate surface area is 111 Å². The van der Waals surface area contributed by atoms with E-state index in [0.29, 0.717) is 5.56 Å². The van der Waals surface area contributed by atoms with Gasteiger partial charge in [0.1, 0.15) is 11.6 Å². The van der Waals surface area contributed by atoms with E-state index in [1.807, 2.05) is 25.1 Å². The number of benzene rings is 1. The Bertz CT molecular complexity index is 574. The molecule has 1 heterocycles. The van der Waals surface area contributed by atoms with Gasteiger partial charge in [-0.15, -0.1) is 0 Å². The van der Waals surface area contributed by atoms with Crippen LogP contribution in [0.4, 0.5) is 4.39 Å². The highest BCUT2D eigenvalue weighted by Crippen LogP contribution is 2.26. The molecule has 1 aromatic heterocycles. The maximum absolute atomic E-state index is 13.2. The topological polar surface area (TPSA) is 60.2 Å². The number of pyridine rings is 1. The lowest BCUT2D eigenvalue weighted by Crippen LogP contribution is -2.29. The molecule has 100 valence electrons. The first-order valence-corrected chi connectivity index (χ1v) is 5.87. The average Bonchev–Trinajstić information content (AvgIpc) is 2.41. The Hall–Kier alpha value is -1.98. The molecule has 19 heavy (non-hydrogen) atoms. The van der Waals surface area contributed by atoms with Crippen molar-refractivity contribution in [1.29, 1.82) is 0 Å². The minimum absolute atomic E-state index is 0.311. The first-order chi connectivity index (χ1) is 9.15. The molecule has 0 amide bonds. The summed E-state index contributed by atoms with van der Waals surface area (Å²) < 4.78 is 18.4. The predicted molar refractivity (Wildman–Crippen MR) is 71.1 cm³/mol. The Kier molecular flexibility index (Phi) is 4.09. The van der Waals surface area contributed by atoms with Crippen LogP contribution in [0.15, 0.2) is 36.7 Å². The lowest BCUT2D eigenvalue weighted by molar-refractivity contribution is 0.414. The van der Waals surface area contributed by atoms with Gasteiger partial charge in [0.15, 0.2) is 0 Å². The van der Waals surface area contributed by atoms with Crippen molar-refractivity contribution in [2.24, 2.45) is 5.84 Å². The van der Waals surface area contributed by atoms with E-state index in [1.54, 1.807) is 13.3 Å². The number of nitrogens with one attached hydrogen (secondary N) is 1. The maximum atomic E-state index is 13.2. The first-order valence-electron chi connectivity index (χ1n) is 5.87. The van der Waals surface area contributed by atoms with E-state index in [9.17, 15) is 4.39 Å². The van der Waals surface area contributed by atoms with Gasteiger partial charge in [0.25, 0.3) is 0 Å². The highest BCUT2D eigenvalue weighted by Gasteiger charge is 2.16. The number of ether oxygens (including phenoxy) is 1. The Balaban J connectivity index is 2.42. The van der Waals surface area contributed by atoms with Crippen LogP contribution in [0.1, 0.15) is 22.7 Å². The molecule has 0 saturated carbocycles. The second kappa shape index (κ2) is 5.77. The van der Waals surface area contributed by atoms with Crippen LogP contribution in [0, 0.1) is 12.7 Å². The molecule has 0 radical (unpaired) electrons. The molecule has 1 aromatic carbocycles. The summed E-state index contributed by atoms with van der Waals surface area (Å²) in [5, 5.41) is 0. The number of halogens is 1. The summed E-state index contributed by atoms with van der Waals surface area (Å²) in [5.41, 5.74) is 5.33. The van der Waals surface area contributed by atoms with Gasteiger partial charge in [-0.1, -0.05) is 6.07 Å². The SMILES string of the molecule is COc1ccc(C(NN)c2cncc(F)c2)c(C)c1. The maximum Gasteiger partial charge on any atom is 0.141 e. The Morgan fingerprint density at radius 2 is 2.11 bits per heavy atom. The lowest BCUT2D eigenvalue weighted by atomic mass is 9.96. The highest BCUT2D eigenvalue weighted by molar-refractivity contribution is 5.40. The van der Waals surface area contributed by atoms with Crippen molar-refractivity contribution >= 4 is 0 Å². The third-order valence-corrected chi connectivity index (χ3v) is 3.01. The molecule has 0 aliphatic carbocycles. The van der Waals surface area contributed by atoms with Crippen LogP contribution in [0.25, 0.3) is 0 Å². The standard InChI is InChI=1S/C14H16FN3O/c1-9-5-12(19-2)3-4-13(9)14(18-16)10-6-11(15)8-17-7-10/h3-8,14,18H,16H2,1-2H3. The molecule has 0 spiro atoms. The summed E-state index contributed by atoms with van der Waals surface area (Å²) in [6.07, 6.45) is 2.76. The van der Waals surface area contributed by atoms with E-state index in [1.165, 1.54) is 6.07 Å². The summed E-state index contributed by atoms with van der Waals surface area (Å²) in [4.78, 5) is 3.85. The number of nitrogens with two attached hydrogens (primary N) is 1. The quantitative estimate of drug-likeness (QED) is 0.653. The normalized spacial score (nSPS) is 12.2. The Morgan fingerprint density at radius 3 is 2.68 bits per heavy atom. The predicted octanol–water partition coefficient (Wildman–Crippen LogP) is 2.09. The summed E-state index contributed by atoms with van der Waals surface area (Å²) >= 11 is 0. The molecule has 1 unspecified atom stereocenters. The van der Waals surface area contributed by atoms with Gasteiger partial charge in [-0.05, 0) is 41.8 Å². The molecular weight excluding hydrogens is 245 g/mol. The monoisotopic (exact) mass is 261 g/mol. The molecule has 0 bridgehead atoms. The number of methoxy groups -OCH3 is 1. The number of rotatable bonds is 4. The molecule has 0 aliphatic heterocycles. The van der Waals surface area contributed by atoms with Gasteiger partial charge in [-0.25, -0.2) is 9.82 Å². The number of hydrogen-bond acceptors (Lipinski definition) is 4. The van der Waals surface area contributed by atoms with Crippen molar-refractivity contribution in [3.63, 3.8) is 0 Å². The first kappa shape index (κ1) is 13.5. The zero-order chi connectivity index (χ0) is 13.8. The lowest BCUT2D eigenvalue weighted by Gasteiger charge is -2.19. The number of aryl methyl sites for hydroxylation is 1. The summed E-state index contributed by atoms with van der Waals surface area (Å²) in [5.74, 6) is 5.98. The molecule has 4 nitrogen and oxygen atoms in total. The van der Waals surface area contributed by atoms with Gasteiger partial charge in [-0.2, -0.15) is 0 Å². The van der Waals surface area contributed by atoms with E-state index >= 15 is 0 Å². The van der Waals surface area contributed by atoms with Gasteiger partial charge in [0.05, 0.1) is 19.3 Å². The number of hydrogen-bond donors (Lipinski definition) is 2. The molecule has 0 fully saturated rings. The molecule has 0 aliphatic rings. The molecule has 3 N–H and O–H groups in total. The molecule has 2 aromatic rings. The van der Waals surface area contributed by atoms with Crippen molar-refractivity contribution in [1.82, 2.24) is 10.4 Å². The van der Waals surface area contributed by atoms with E-state index in [-0.39, 0.29) is 11.9 Å². The minimum Gasteiger partial charge on any atom is -0.497 e. The smallest absolute Gasteiger partial charge is 0.141 e. The van der Waals surface area contributed by atoms with E-state index in [0.717, 1.165) is 23.1 Å². The van der Waals surface area contributed by atoms with E-state index in [2.05, 4.69) is 10.4 Å². The van der Waals surface area contributed by atoms with Gasteiger partial charge < -0.3 is 4.74 Å². The number of nitrogens with zero attached hydrogens (tertiary/aromatic N) is 1. The van der Waals surface area contributed by atoms with Crippen LogP contribution in [-0.4, -0.2) is 12.1 Å². The summed E-state index contributed by atoms with van der Waals surface area (Å²) in [6.45, 7) is 1.95. The highest BCUT2D eigenvalue weighted by atomic mass is 19.1. The van der Waals surface area contributed by atoms with Crippen molar-refractivity contribution in [2.75, 3.05) is 7.11 Å². The van der Waals surface area contributed by atoms with Crippen LogP contribution in [0.2, 0.25) is 0 Å².